The van der Waals surface area contributed by atoms with Crippen LogP contribution in [0.1, 0.15) is 12.0 Å². The number of hydrogen-bond donors (Lipinski definition) is 2. The van der Waals surface area contributed by atoms with Gasteiger partial charge in [-0.05, 0) is 18.2 Å². The quantitative estimate of drug-likeness (QED) is 0.829. The first-order valence-corrected chi connectivity index (χ1v) is 7.71. The molecule has 2 atom stereocenters. The maximum atomic E-state index is 12.5. The summed E-state index contributed by atoms with van der Waals surface area (Å²) in [6, 6.07) is 4.01. The van der Waals surface area contributed by atoms with Gasteiger partial charge in [0.05, 0.1) is 21.6 Å². The molecule has 1 heterocycles. The topological polar surface area (TPSA) is 119 Å². The Labute approximate surface area is 126 Å². The van der Waals surface area contributed by atoms with E-state index in [4.69, 9.17) is 22.0 Å². The second-order valence-electron chi connectivity index (χ2n) is 4.57. The Kier molecular flexibility index (Phi) is 4.20. The van der Waals surface area contributed by atoms with Gasteiger partial charge in [0.25, 0.3) is 0 Å². The van der Waals surface area contributed by atoms with Crippen molar-refractivity contribution in [2.75, 3.05) is 6.54 Å². The molecule has 0 unspecified atom stereocenters. The van der Waals surface area contributed by atoms with Crippen molar-refractivity contribution in [1.29, 1.82) is 5.26 Å². The van der Waals surface area contributed by atoms with Gasteiger partial charge in [0, 0.05) is 13.0 Å². The molecule has 1 aliphatic rings. The summed E-state index contributed by atoms with van der Waals surface area (Å²) in [5, 5.41) is 27.3. The minimum Gasteiger partial charge on any atom is -0.480 e. The Hall–Kier alpha value is -1.66. The lowest BCUT2D eigenvalue weighted by molar-refractivity contribution is -0.140. The van der Waals surface area contributed by atoms with E-state index in [2.05, 4.69) is 0 Å². The number of carbonyl (C=O) groups is 1. The van der Waals surface area contributed by atoms with Gasteiger partial charge in [0.1, 0.15) is 12.1 Å². The molecule has 1 saturated heterocycles. The number of aliphatic hydroxyl groups is 1. The van der Waals surface area contributed by atoms with Gasteiger partial charge in [-0.25, -0.2) is 8.42 Å². The number of benzene rings is 1. The molecule has 0 saturated carbocycles. The number of aliphatic carboxylic acids is 1. The number of sulfonamides is 1. The number of carboxylic acids is 1. The summed E-state index contributed by atoms with van der Waals surface area (Å²) in [6.45, 7) is -0.295. The van der Waals surface area contributed by atoms with Crippen LogP contribution in [0.4, 0.5) is 0 Å². The molecule has 0 amide bonds. The number of hydrogen-bond acceptors (Lipinski definition) is 5. The number of nitriles is 1. The molecule has 0 bridgehead atoms. The van der Waals surface area contributed by atoms with Gasteiger partial charge in [-0.1, -0.05) is 11.6 Å². The molecular weight excluding hydrogens is 320 g/mol. The van der Waals surface area contributed by atoms with Crippen LogP contribution in [-0.2, 0) is 14.8 Å². The Morgan fingerprint density at radius 1 is 1.48 bits per heavy atom. The summed E-state index contributed by atoms with van der Waals surface area (Å²) in [5.74, 6) is -1.32. The van der Waals surface area contributed by atoms with E-state index in [1.54, 1.807) is 6.07 Å². The van der Waals surface area contributed by atoms with Crippen molar-refractivity contribution < 1.29 is 23.4 Å². The summed E-state index contributed by atoms with van der Waals surface area (Å²) in [6.07, 6.45) is -1.20. The Bertz CT molecular complexity index is 728. The lowest BCUT2D eigenvalue weighted by atomic mass is 10.2. The zero-order valence-electron chi connectivity index (χ0n) is 10.6. The lowest BCUT2D eigenvalue weighted by Gasteiger charge is -2.20. The van der Waals surface area contributed by atoms with Gasteiger partial charge in [-0.2, -0.15) is 9.57 Å². The second kappa shape index (κ2) is 5.61. The van der Waals surface area contributed by atoms with E-state index in [0.29, 0.717) is 0 Å². The van der Waals surface area contributed by atoms with E-state index < -0.39 is 28.1 Å². The highest BCUT2D eigenvalue weighted by atomic mass is 35.5. The van der Waals surface area contributed by atoms with Crippen molar-refractivity contribution in [2.24, 2.45) is 0 Å². The van der Waals surface area contributed by atoms with Gasteiger partial charge in [0.2, 0.25) is 10.0 Å². The summed E-state index contributed by atoms with van der Waals surface area (Å²) in [7, 11) is -4.11. The van der Waals surface area contributed by atoms with Crippen molar-refractivity contribution in [1.82, 2.24) is 4.31 Å². The van der Waals surface area contributed by atoms with Crippen LogP contribution in [0.25, 0.3) is 0 Å². The minimum absolute atomic E-state index is 0.0369. The molecule has 1 fully saturated rings. The standard InChI is InChI=1S/C12H11ClN2O5S/c13-10-4-9(2-1-7(10)5-14)21(19,20)15-6-8(16)3-11(15)12(17)18/h1-2,4,8,11,16H,3,6H2,(H,17,18)/t8-,11-/m1/s1. The molecule has 7 nitrogen and oxygen atoms in total. The molecule has 112 valence electrons. The van der Waals surface area contributed by atoms with E-state index in [9.17, 15) is 18.3 Å². The van der Waals surface area contributed by atoms with Gasteiger partial charge in [0.15, 0.2) is 0 Å². The monoisotopic (exact) mass is 330 g/mol. The normalized spacial score (nSPS) is 22.9. The summed E-state index contributed by atoms with van der Waals surface area (Å²) in [4.78, 5) is 10.9. The first-order chi connectivity index (χ1) is 9.77. The average Bonchev–Trinajstić information content (AvgIpc) is 2.81. The highest BCUT2D eigenvalue weighted by Crippen LogP contribution is 2.28. The molecule has 0 aromatic heterocycles. The molecule has 9 heteroatoms. The maximum Gasteiger partial charge on any atom is 0.322 e. The largest absolute Gasteiger partial charge is 0.480 e. The van der Waals surface area contributed by atoms with E-state index in [0.717, 1.165) is 10.4 Å². The van der Waals surface area contributed by atoms with E-state index in [-0.39, 0.29) is 28.4 Å². The van der Waals surface area contributed by atoms with Crippen LogP contribution in [0.2, 0.25) is 5.02 Å². The molecule has 2 rings (SSSR count). The Balaban J connectivity index is 2.45. The third kappa shape index (κ3) is 2.87. The van der Waals surface area contributed by atoms with Crippen LogP contribution >= 0.6 is 11.6 Å². The zero-order chi connectivity index (χ0) is 15.8. The Morgan fingerprint density at radius 2 is 2.14 bits per heavy atom. The molecule has 2 N–H and O–H groups in total. The summed E-state index contributed by atoms with van der Waals surface area (Å²) in [5.41, 5.74) is 0.117. The van der Waals surface area contributed by atoms with Crippen molar-refractivity contribution in [3.8, 4) is 6.07 Å². The van der Waals surface area contributed by atoms with Gasteiger partial charge in [-0.15, -0.1) is 0 Å². The molecule has 1 aliphatic heterocycles. The van der Waals surface area contributed by atoms with Gasteiger partial charge >= 0.3 is 5.97 Å². The highest BCUT2D eigenvalue weighted by Gasteiger charge is 2.43. The first kappa shape index (κ1) is 15.7. The predicted octanol–water partition coefficient (Wildman–Crippen LogP) is 0.420. The average molecular weight is 331 g/mol. The fourth-order valence-electron chi connectivity index (χ4n) is 2.16. The zero-order valence-corrected chi connectivity index (χ0v) is 12.2. The lowest BCUT2D eigenvalue weighted by Crippen LogP contribution is -2.40. The molecule has 1 aromatic rings. The number of nitrogens with zero attached hydrogens (tertiary/aromatic N) is 2. The second-order valence-corrected chi connectivity index (χ2v) is 6.87. The number of aliphatic hydroxyl groups excluding tert-OH is 1. The molecule has 0 radical (unpaired) electrons. The Morgan fingerprint density at radius 3 is 2.67 bits per heavy atom. The molecule has 21 heavy (non-hydrogen) atoms. The van der Waals surface area contributed by atoms with Crippen molar-refractivity contribution in [2.45, 2.75) is 23.5 Å². The van der Waals surface area contributed by atoms with Crippen molar-refractivity contribution >= 4 is 27.6 Å². The molecule has 0 aliphatic carbocycles. The third-order valence-electron chi connectivity index (χ3n) is 3.19. The van der Waals surface area contributed by atoms with E-state index in [1.165, 1.54) is 12.1 Å². The summed E-state index contributed by atoms with van der Waals surface area (Å²) >= 11 is 5.80. The van der Waals surface area contributed by atoms with Crippen LogP contribution in [0.5, 0.6) is 0 Å². The van der Waals surface area contributed by atoms with Crippen LogP contribution in [0.3, 0.4) is 0 Å². The number of rotatable bonds is 3. The SMILES string of the molecule is N#Cc1ccc(S(=O)(=O)N2C[C@H](O)C[C@@H]2C(=O)O)cc1Cl. The molecule has 1 aromatic carbocycles. The van der Waals surface area contributed by atoms with Crippen LogP contribution in [0.15, 0.2) is 23.1 Å². The highest BCUT2D eigenvalue weighted by molar-refractivity contribution is 7.89. The fraction of sp³-hybridized carbons (Fsp3) is 0.333. The predicted molar refractivity (Wildman–Crippen MR) is 72.1 cm³/mol. The maximum absolute atomic E-state index is 12.5. The molecular formula is C12H11ClN2O5S. The third-order valence-corrected chi connectivity index (χ3v) is 5.37. The number of β-amino-alcohol motifs (C(OH)–C–C–N with tert-alkyl or cyclic N) is 1. The fourth-order valence-corrected chi connectivity index (χ4v) is 4.10. The smallest absolute Gasteiger partial charge is 0.322 e. The van der Waals surface area contributed by atoms with Crippen LogP contribution in [-0.4, -0.2) is 47.6 Å². The van der Waals surface area contributed by atoms with Gasteiger partial charge in [-0.3, -0.25) is 4.79 Å². The van der Waals surface area contributed by atoms with Crippen LogP contribution in [0, 0.1) is 11.3 Å². The number of carboxylic acid groups (broad SMARTS) is 1. The summed E-state index contributed by atoms with van der Waals surface area (Å²) < 4.78 is 25.6. The minimum atomic E-state index is -4.11. The van der Waals surface area contributed by atoms with Crippen LogP contribution < -0.4 is 0 Å². The van der Waals surface area contributed by atoms with Crippen molar-refractivity contribution in [3.05, 3.63) is 28.8 Å². The van der Waals surface area contributed by atoms with E-state index >= 15 is 0 Å². The van der Waals surface area contributed by atoms with Gasteiger partial charge < -0.3 is 10.2 Å². The molecule has 0 spiro atoms. The van der Waals surface area contributed by atoms with E-state index in [1.807, 2.05) is 0 Å². The first-order valence-electron chi connectivity index (χ1n) is 5.89. The number of halogens is 1. The van der Waals surface area contributed by atoms with Crippen molar-refractivity contribution in [3.63, 3.8) is 0 Å².